The van der Waals surface area contributed by atoms with Crippen LogP contribution in [0.4, 0.5) is 0 Å². The van der Waals surface area contributed by atoms with Crippen LogP contribution in [0, 0.1) is 0 Å². The highest BCUT2D eigenvalue weighted by atomic mass is 32.1. The Morgan fingerprint density at radius 3 is 2.81 bits per heavy atom. The average molecular weight is 238 g/mol. The van der Waals surface area contributed by atoms with Crippen molar-refractivity contribution in [2.75, 3.05) is 0 Å². The third-order valence-corrected chi connectivity index (χ3v) is 4.04. The zero-order valence-electron chi connectivity index (χ0n) is 9.32. The quantitative estimate of drug-likeness (QED) is 0.848. The summed E-state index contributed by atoms with van der Waals surface area (Å²) < 4.78 is 0. The summed E-state index contributed by atoms with van der Waals surface area (Å²) in [5.74, 6) is -0.0330. The number of nitrogens with one attached hydrogen (secondary N) is 1. The first-order valence-electron chi connectivity index (χ1n) is 5.87. The molecular weight excluding hydrogens is 220 g/mol. The van der Waals surface area contributed by atoms with Crippen LogP contribution in [0.2, 0.25) is 0 Å². The molecule has 1 atom stereocenters. The molecular formula is C12H18N2OS. The van der Waals surface area contributed by atoms with Gasteiger partial charge in [-0.15, -0.1) is 11.3 Å². The van der Waals surface area contributed by atoms with Crippen molar-refractivity contribution in [2.45, 2.75) is 44.2 Å². The highest BCUT2D eigenvalue weighted by Crippen LogP contribution is 2.20. The van der Waals surface area contributed by atoms with E-state index in [1.807, 2.05) is 17.5 Å². The van der Waals surface area contributed by atoms with Crippen molar-refractivity contribution in [3.63, 3.8) is 0 Å². The van der Waals surface area contributed by atoms with Crippen molar-refractivity contribution in [2.24, 2.45) is 5.73 Å². The summed E-state index contributed by atoms with van der Waals surface area (Å²) in [5, 5.41) is 5.00. The highest BCUT2D eigenvalue weighted by molar-refractivity contribution is 7.10. The zero-order valence-corrected chi connectivity index (χ0v) is 10.1. The van der Waals surface area contributed by atoms with Gasteiger partial charge in [-0.1, -0.05) is 25.3 Å². The second-order valence-corrected chi connectivity index (χ2v) is 5.32. The van der Waals surface area contributed by atoms with E-state index >= 15 is 0 Å². The molecule has 2 rings (SSSR count). The number of amides is 1. The van der Waals surface area contributed by atoms with Gasteiger partial charge in [0.15, 0.2) is 0 Å². The predicted octanol–water partition coefficient (Wildman–Crippen LogP) is 2.20. The molecule has 0 aromatic carbocycles. The maximum atomic E-state index is 11.9. The molecule has 4 heteroatoms. The number of carbonyl (C=O) groups is 1. The first-order chi connectivity index (χ1) is 7.77. The molecule has 3 nitrogen and oxygen atoms in total. The van der Waals surface area contributed by atoms with E-state index in [-0.39, 0.29) is 5.91 Å². The van der Waals surface area contributed by atoms with Gasteiger partial charge in [-0.2, -0.15) is 0 Å². The fourth-order valence-corrected chi connectivity index (χ4v) is 2.86. The second-order valence-electron chi connectivity index (χ2n) is 4.34. The fourth-order valence-electron chi connectivity index (χ4n) is 2.14. The average Bonchev–Trinajstić information content (AvgIpc) is 2.83. The summed E-state index contributed by atoms with van der Waals surface area (Å²) in [4.78, 5) is 12.8. The first-order valence-corrected chi connectivity index (χ1v) is 6.74. The summed E-state index contributed by atoms with van der Waals surface area (Å²) in [6.45, 7) is 0. The van der Waals surface area contributed by atoms with Gasteiger partial charge in [0, 0.05) is 10.9 Å². The topological polar surface area (TPSA) is 55.1 Å². The van der Waals surface area contributed by atoms with E-state index in [1.54, 1.807) is 0 Å². The van der Waals surface area contributed by atoms with Crippen molar-refractivity contribution in [1.29, 1.82) is 0 Å². The number of hydrogen-bond acceptors (Lipinski definition) is 3. The summed E-state index contributed by atoms with van der Waals surface area (Å²) in [6.07, 6.45) is 5.94. The molecule has 16 heavy (non-hydrogen) atoms. The summed E-state index contributed by atoms with van der Waals surface area (Å²) in [5.41, 5.74) is 5.90. The minimum atomic E-state index is -0.498. The van der Waals surface area contributed by atoms with Gasteiger partial charge < -0.3 is 11.1 Å². The summed E-state index contributed by atoms with van der Waals surface area (Å²) in [6, 6.07) is 3.68. The van der Waals surface area contributed by atoms with Gasteiger partial charge in [-0.05, 0) is 24.3 Å². The van der Waals surface area contributed by atoms with E-state index in [2.05, 4.69) is 5.32 Å². The standard InChI is InChI=1S/C12H18N2OS/c13-11(10-7-4-8-16-10)12(15)14-9-5-2-1-3-6-9/h4,7-9,11H,1-3,5-6,13H2,(H,14,15). The van der Waals surface area contributed by atoms with Crippen LogP contribution in [0.5, 0.6) is 0 Å². The lowest BCUT2D eigenvalue weighted by Gasteiger charge is -2.24. The summed E-state index contributed by atoms with van der Waals surface area (Å²) >= 11 is 1.54. The Bertz CT molecular complexity index is 331. The molecule has 1 saturated carbocycles. The van der Waals surface area contributed by atoms with Crippen molar-refractivity contribution in [3.8, 4) is 0 Å². The van der Waals surface area contributed by atoms with Crippen molar-refractivity contribution < 1.29 is 4.79 Å². The number of rotatable bonds is 3. The fraction of sp³-hybridized carbons (Fsp3) is 0.583. The van der Waals surface area contributed by atoms with Crippen LogP contribution in [0.15, 0.2) is 17.5 Å². The smallest absolute Gasteiger partial charge is 0.242 e. The predicted molar refractivity (Wildman–Crippen MR) is 66.3 cm³/mol. The van der Waals surface area contributed by atoms with Crippen LogP contribution < -0.4 is 11.1 Å². The van der Waals surface area contributed by atoms with Gasteiger partial charge in [0.2, 0.25) is 5.91 Å². The Morgan fingerprint density at radius 1 is 1.44 bits per heavy atom. The van der Waals surface area contributed by atoms with Crippen LogP contribution in [0.25, 0.3) is 0 Å². The Balaban J connectivity index is 1.87. The van der Waals surface area contributed by atoms with E-state index in [0.29, 0.717) is 6.04 Å². The lowest BCUT2D eigenvalue weighted by Crippen LogP contribution is -2.41. The molecule has 88 valence electrons. The SMILES string of the molecule is NC(C(=O)NC1CCCCC1)c1cccs1. The number of carbonyl (C=O) groups excluding carboxylic acids is 1. The van der Waals surface area contributed by atoms with E-state index in [4.69, 9.17) is 5.73 Å². The van der Waals surface area contributed by atoms with Crippen LogP contribution in [-0.2, 0) is 4.79 Å². The molecule has 1 aromatic heterocycles. The van der Waals surface area contributed by atoms with Gasteiger partial charge in [-0.25, -0.2) is 0 Å². The molecule has 0 radical (unpaired) electrons. The van der Waals surface area contributed by atoms with Crippen molar-refractivity contribution >= 4 is 17.2 Å². The van der Waals surface area contributed by atoms with Gasteiger partial charge in [0.25, 0.3) is 0 Å². The Labute approximate surface area is 100 Å². The van der Waals surface area contributed by atoms with Crippen molar-refractivity contribution in [3.05, 3.63) is 22.4 Å². The Kier molecular flexibility index (Phi) is 3.96. The monoisotopic (exact) mass is 238 g/mol. The minimum absolute atomic E-state index is 0.0330. The van der Waals surface area contributed by atoms with Gasteiger partial charge >= 0.3 is 0 Å². The van der Waals surface area contributed by atoms with E-state index in [1.165, 1.54) is 30.6 Å². The largest absolute Gasteiger partial charge is 0.352 e. The maximum Gasteiger partial charge on any atom is 0.242 e. The molecule has 1 amide bonds. The van der Waals surface area contributed by atoms with Crippen LogP contribution in [0.3, 0.4) is 0 Å². The minimum Gasteiger partial charge on any atom is -0.352 e. The molecule has 1 aromatic rings. The lowest BCUT2D eigenvalue weighted by atomic mass is 9.95. The van der Waals surface area contributed by atoms with E-state index < -0.39 is 6.04 Å². The molecule has 0 saturated heterocycles. The number of nitrogens with two attached hydrogens (primary N) is 1. The molecule has 1 aliphatic rings. The third-order valence-electron chi connectivity index (χ3n) is 3.08. The number of hydrogen-bond donors (Lipinski definition) is 2. The molecule has 1 aliphatic carbocycles. The number of thiophene rings is 1. The Hall–Kier alpha value is -0.870. The highest BCUT2D eigenvalue weighted by Gasteiger charge is 2.21. The normalized spacial score (nSPS) is 19.3. The molecule has 0 spiro atoms. The van der Waals surface area contributed by atoms with E-state index in [0.717, 1.165) is 17.7 Å². The van der Waals surface area contributed by atoms with Crippen LogP contribution in [0.1, 0.15) is 43.0 Å². The lowest BCUT2D eigenvalue weighted by molar-refractivity contribution is -0.123. The second kappa shape index (κ2) is 5.46. The molecule has 0 bridgehead atoms. The van der Waals surface area contributed by atoms with Crippen molar-refractivity contribution in [1.82, 2.24) is 5.32 Å². The maximum absolute atomic E-state index is 11.9. The van der Waals surface area contributed by atoms with Gasteiger partial charge in [0.05, 0.1) is 0 Å². The molecule has 3 N–H and O–H groups in total. The van der Waals surface area contributed by atoms with Crippen LogP contribution >= 0.6 is 11.3 Å². The molecule has 1 unspecified atom stereocenters. The molecule has 1 heterocycles. The zero-order chi connectivity index (χ0) is 11.4. The van der Waals surface area contributed by atoms with Gasteiger partial charge in [0.1, 0.15) is 6.04 Å². The summed E-state index contributed by atoms with van der Waals surface area (Å²) in [7, 11) is 0. The van der Waals surface area contributed by atoms with Crippen LogP contribution in [-0.4, -0.2) is 11.9 Å². The Morgan fingerprint density at radius 2 is 2.19 bits per heavy atom. The first kappa shape index (κ1) is 11.6. The molecule has 0 aliphatic heterocycles. The molecule has 1 fully saturated rings. The van der Waals surface area contributed by atoms with Gasteiger partial charge in [-0.3, -0.25) is 4.79 Å². The van der Waals surface area contributed by atoms with E-state index in [9.17, 15) is 4.79 Å². The third kappa shape index (κ3) is 2.83.